The molecular weight excluding hydrogens is 466 g/mol. The van der Waals surface area contributed by atoms with Crippen LogP contribution in [0.3, 0.4) is 0 Å². The number of pyridine rings is 1. The van der Waals surface area contributed by atoms with Crippen LogP contribution in [0.4, 0.5) is 11.6 Å². The van der Waals surface area contributed by atoms with Gasteiger partial charge in [0.25, 0.3) is 0 Å². The number of aryl methyl sites for hydroxylation is 1. The molecule has 0 spiro atoms. The van der Waals surface area contributed by atoms with Crippen molar-refractivity contribution in [2.24, 2.45) is 7.05 Å². The topological polar surface area (TPSA) is 73.7 Å². The van der Waals surface area contributed by atoms with E-state index in [1.807, 2.05) is 12.1 Å². The van der Waals surface area contributed by atoms with Crippen LogP contribution in [0.15, 0.2) is 60.8 Å². The van der Waals surface area contributed by atoms with E-state index in [-0.39, 0.29) is 0 Å². The summed E-state index contributed by atoms with van der Waals surface area (Å²) in [5.41, 5.74) is 4.25. The molecule has 5 rings (SSSR count). The van der Waals surface area contributed by atoms with Gasteiger partial charge < -0.3 is 29.0 Å². The lowest BCUT2D eigenvalue weighted by molar-refractivity contribution is 0.0211. The number of anilines is 2. The molecule has 0 saturated carbocycles. The molecule has 1 fully saturated rings. The van der Waals surface area contributed by atoms with E-state index in [1.54, 1.807) is 25.4 Å². The number of hydrogen-bond donors (Lipinski definition) is 1. The number of aromatic nitrogens is 3. The number of halogens is 1. The number of hydrogen-bond acceptors (Lipinski definition) is 7. The molecule has 0 radical (unpaired) electrons. The quantitative estimate of drug-likeness (QED) is 0.337. The minimum atomic E-state index is 0.376. The zero-order valence-electron chi connectivity index (χ0n) is 19.8. The molecule has 0 unspecified atom stereocenters. The van der Waals surface area contributed by atoms with Gasteiger partial charge in [-0.1, -0.05) is 23.7 Å². The van der Waals surface area contributed by atoms with E-state index in [1.165, 1.54) is 0 Å². The predicted molar refractivity (Wildman–Crippen MR) is 138 cm³/mol. The molecule has 0 bridgehead atoms. The Morgan fingerprint density at radius 2 is 1.97 bits per heavy atom. The monoisotopic (exact) mass is 493 g/mol. The summed E-state index contributed by atoms with van der Waals surface area (Å²) in [6, 6.07) is 18.1. The molecule has 0 atom stereocenters. The van der Waals surface area contributed by atoms with E-state index in [4.69, 9.17) is 30.8 Å². The van der Waals surface area contributed by atoms with Crippen molar-refractivity contribution in [1.29, 1.82) is 0 Å². The minimum Gasteiger partial charge on any atom is -0.439 e. The van der Waals surface area contributed by atoms with Crippen molar-refractivity contribution in [2.75, 3.05) is 43.7 Å². The van der Waals surface area contributed by atoms with E-state index in [2.05, 4.69) is 57.1 Å². The standard InChI is InChI=1S/C26H28ClN5O3/c1-31-24-13-20(29-21-16-34-17-21)6-9-23(24)30-26(31)32(11-12-33-2)15-18-3-7-22(8-4-18)35-25-10-5-19(27)14-28-25/h3-10,13-14,21,29H,11-12,15-17H2,1-2H3. The van der Waals surface area contributed by atoms with Crippen LogP contribution < -0.4 is 15.0 Å². The number of methoxy groups -OCH3 is 1. The van der Waals surface area contributed by atoms with Crippen LogP contribution in [0.2, 0.25) is 5.02 Å². The van der Waals surface area contributed by atoms with Gasteiger partial charge in [0.05, 0.1) is 41.9 Å². The fourth-order valence-corrected chi connectivity index (χ4v) is 4.09. The maximum Gasteiger partial charge on any atom is 0.219 e. The molecule has 9 heteroatoms. The van der Waals surface area contributed by atoms with Gasteiger partial charge in [0.2, 0.25) is 11.8 Å². The predicted octanol–water partition coefficient (Wildman–Crippen LogP) is 4.88. The second kappa shape index (κ2) is 10.5. The van der Waals surface area contributed by atoms with E-state index in [0.717, 1.165) is 41.4 Å². The highest BCUT2D eigenvalue weighted by molar-refractivity contribution is 6.30. The number of rotatable bonds is 10. The summed E-state index contributed by atoms with van der Waals surface area (Å²) in [6.07, 6.45) is 1.57. The SMILES string of the molecule is COCCN(Cc1ccc(Oc2ccc(Cl)cn2)cc1)c1nc2ccc(NC3COC3)cc2n1C. The molecule has 1 aliphatic heterocycles. The Hall–Kier alpha value is -3.33. The van der Waals surface area contributed by atoms with E-state index < -0.39 is 0 Å². The molecule has 1 aliphatic rings. The molecule has 8 nitrogen and oxygen atoms in total. The van der Waals surface area contributed by atoms with Gasteiger partial charge in [-0.15, -0.1) is 0 Å². The van der Waals surface area contributed by atoms with Gasteiger partial charge in [0.15, 0.2) is 0 Å². The minimum absolute atomic E-state index is 0.376. The Bertz CT molecular complexity index is 1270. The third kappa shape index (κ3) is 5.51. The lowest BCUT2D eigenvalue weighted by Gasteiger charge is -2.27. The summed E-state index contributed by atoms with van der Waals surface area (Å²) < 4.78 is 18.6. The Morgan fingerprint density at radius 3 is 2.66 bits per heavy atom. The van der Waals surface area contributed by atoms with E-state index in [9.17, 15) is 0 Å². The summed E-state index contributed by atoms with van der Waals surface area (Å²) >= 11 is 5.90. The smallest absolute Gasteiger partial charge is 0.219 e. The molecule has 0 amide bonds. The van der Waals surface area contributed by atoms with E-state index in [0.29, 0.717) is 42.4 Å². The molecule has 35 heavy (non-hydrogen) atoms. The maximum atomic E-state index is 5.90. The van der Waals surface area contributed by atoms with Gasteiger partial charge in [-0.05, 0) is 42.0 Å². The third-order valence-corrected chi connectivity index (χ3v) is 6.16. The summed E-state index contributed by atoms with van der Waals surface area (Å²) in [7, 11) is 3.77. The van der Waals surface area contributed by atoms with Crippen molar-refractivity contribution in [3.05, 3.63) is 71.4 Å². The third-order valence-electron chi connectivity index (χ3n) is 5.93. The Balaban J connectivity index is 1.33. The van der Waals surface area contributed by atoms with Crippen molar-refractivity contribution in [1.82, 2.24) is 14.5 Å². The highest BCUT2D eigenvalue weighted by Gasteiger charge is 2.19. The number of fused-ring (bicyclic) bond motifs is 1. The maximum absolute atomic E-state index is 5.90. The van der Waals surface area contributed by atoms with Crippen LogP contribution in [0.25, 0.3) is 11.0 Å². The zero-order valence-corrected chi connectivity index (χ0v) is 20.5. The lowest BCUT2D eigenvalue weighted by atomic mass is 10.2. The van der Waals surface area contributed by atoms with Crippen molar-refractivity contribution < 1.29 is 14.2 Å². The zero-order chi connectivity index (χ0) is 24.2. The number of benzene rings is 2. The van der Waals surface area contributed by atoms with E-state index >= 15 is 0 Å². The van der Waals surface area contributed by atoms with Crippen molar-refractivity contribution in [2.45, 2.75) is 12.6 Å². The number of nitrogens with one attached hydrogen (secondary N) is 1. The molecule has 3 heterocycles. The number of imidazole rings is 1. The highest BCUT2D eigenvalue weighted by Crippen LogP contribution is 2.27. The summed E-state index contributed by atoms with van der Waals surface area (Å²) in [5, 5.41) is 4.09. The molecule has 1 saturated heterocycles. The van der Waals surface area contributed by atoms with Gasteiger partial charge in [0, 0.05) is 45.2 Å². The average Bonchev–Trinajstić information content (AvgIpc) is 3.17. The first-order valence-corrected chi connectivity index (χ1v) is 11.9. The first-order chi connectivity index (χ1) is 17.1. The van der Waals surface area contributed by atoms with Gasteiger partial charge >= 0.3 is 0 Å². The normalized spacial score (nSPS) is 13.6. The van der Waals surface area contributed by atoms with Crippen molar-refractivity contribution >= 4 is 34.3 Å². The van der Waals surface area contributed by atoms with Crippen LogP contribution in [0, 0.1) is 0 Å². The molecular formula is C26H28ClN5O3. The average molecular weight is 494 g/mol. The Labute approximate surface area is 209 Å². The molecule has 2 aromatic heterocycles. The van der Waals surface area contributed by atoms with Gasteiger partial charge in [-0.25, -0.2) is 9.97 Å². The van der Waals surface area contributed by atoms with Crippen LogP contribution in [-0.2, 0) is 23.1 Å². The summed E-state index contributed by atoms with van der Waals surface area (Å²) in [5.74, 6) is 2.11. The summed E-state index contributed by atoms with van der Waals surface area (Å²) in [4.78, 5) is 11.3. The second-order valence-corrected chi connectivity index (χ2v) is 8.96. The fraction of sp³-hybridized carbons (Fsp3) is 0.308. The van der Waals surface area contributed by atoms with Crippen molar-refractivity contribution in [3.63, 3.8) is 0 Å². The van der Waals surface area contributed by atoms with Gasteiger partial charge in [-0.2, -0.15) is 0 Å². The Kier molecular flexibility index (Phi) is 7.03. The van der Waals surface area contributed by atoms with Crippen LogP contribution >= 0.6 is 11.6 Å². The van der Waals surface area contributed by atoms with Crippen LogP contribution in [0.5, 0.6) is 11.6 Å². The summed E-state index contributed by atoms with van der Waals surface area (Å²) in [6.45, 7) is 3.50. The lowest BCUT2D eigenvalue weighted by Crippen LogP contribution is -2.40. The Morgan fingerprint density at radius 1 is 1.14 bits per heavy atom. The number of nitrogens with zero attached hydrogens (tertiary/aromatic N) is 4. The van der Waals surface area contributed by atoms with Crippen molar-refractivity contribution in [3.8, 4) is 11.6 Å². The molecule has 4 aromatic rings. The number of ether oxygens (including phenoxy) is 3. The highest BCUT2D eigenvalue weighted by atomic mass is 35.5. The molecule has 182 valence electrons. The van der Waals surface area contributed by atoms with Crippen LogP contribution in [-0.4, -0.2) is 54.1 Å². The van der Waals surface area contributed by atoms with Gasteiger partial charge in [-0.3, -0.25) is 0 Å². The van der Waals surface area contributed by atoms with Gasteiger partial charge in [0.1, 0.15) is 5.75 Å². The molecule has 0 aliphatic carbocycles. The van der Waals surface area contributed by atoms with Crippen LogP contribution in [0.1, 0.15) is 5.56 Å². The fourth-order valence-electron chi connectivity index (χ4n) is 3.98. The largest absolute Gasteiger partial charge is 0.439 e. The second-order valence-electron chi connectivity index (χ2n) is 8.53. The molecule has 2 aromatic carbocycles. The first kappa shape index (κ1) is 23.4. The molecule has 1 N–H and O–H groups in total. The first-order valence-electron chi connectivity index (χ1n) is 11.5.